The first kappa shape index (κ1) is 12.6. The summed E-state index contributed by atoms with van der Waals surface area (Å²) in [6, 6.07) is 8.92. The van der Waals surface area contributed by atoms with Crippen molar-refractivity contribution < 1.29 is 14.7 Å². The van der Waals surface area contributed by atoms with Crippen LogP contribution in [0, 0.1) is 0 Å². The van der Waals surface area contributed by atoms with Crippen molar-refractivity contribution in [3.8, 4) is 0 Å². The van der Waals surface area contributed by atoms with Gasteiger partial charge < -0.3 is 15.6 Å². The minimum Gasteiger partial charge on any atom is -0.528 e. The Morgan fingerprint density at radius 2 is 2.17 bits per heavy atom. The second-order valence-corrected chi connectivity index (χ2v) is 4.17. The number of amides is 1. The van der Waals surface area contributed by atoms with E-state index >= 15 is 0 Å². The Balaban J connectivity index is 1.98. The van der Waals surface area contributed by atoms with Crippen LogP contribution in [0.25, 0.3) is 0 Å². The first-order valence-corrected chi connectivity index (χ1v) is 5.78. The summed E-state index contributed by atoms with van der Waals surface area (Å²) in [7, 11) is 0. The van der Waals surface area contributed by atoms with Crippen molar-refractivity contribution in [1.82, 2.24) is 5.06 Å². The van der Waals surface area contributed by atoms with E-state index in [-0.39, 0.29) is 18.7 Å². The molecule has 2 N–H and O–H groups in total. The van der Waals surface area contributed by atoms with Crippen molar-refractivity contribution in [2.45, 2.75) is 25.1 Å². The van der Waals surface area contributed by atoms with E-state index in [9.17, 15) is 9.90 Å². The van der Waals surface area contributed by atoms with E-state index in [0.29, 0.717) is 6.42 Å². The standard InChI is InChI=1S/C13H16N2O3/c14-11-7-4-8-12(11)18-15(13(16)17)9-10-5-2-1-3-6-10/h1-7,11-12H,8-9,14H2,(H,16,17)/p-1. The molecule has 5 heteroatoms. The Morgan fingerprint density at radius 1 is 1.44 bits per heavy atom. The summed E-state index contributed by atoms with van der Waals surface area (Å²) in [6.45, 7) is 0.131. The average molecular weight is 247 g/mol. The van der Waals surface area contributed by atoms with E-state index in [2.05, 4.69) is 0 Å². The highest BCUT2D eigenvalue weighted by molar-refractivity contribution is 5.61. The minimum absolute atomic E-state index is 0.131. The van der Waals surface area contributed by atoms with Crippen molar-refractivity contribution >= 4 is 6.09 Å². The number of hydroxylamine groups is 2. The molecule has 1 aliphatic rings. The van der Waals surface area contributed by atoms with Gasteiger partial charge in [0.1, 0.15) is 6.10 Å². The lowest BCUT2D eigenvalue weighted by molar-refractivity contribution is -0.313. The number of benzene rings is 1. The minimum atomic E-state index is -1.36. The van der Waals surface area contributed by atoms with Crippen LogP contribution in [0.4, 0.5) is 4.79 Å². The Bertz CT molecular complexity index is 433. The van der Waals surface area contributed by atoms with Gasteiger partial charge in [0.05, 0.1) is 12.6 Å². The first-order valence-electron chi connectivity index (χ1n) is 5.78. The molecule has 0 bridgehead atoms. The number of carbonyl (C=O) groups is 1. The van der Waals surface area contributed by atoms with Gasteiger partial charge in [0.15, 0.2) is 6.09 Å². The van der Waals surface area contributed by atoms with Crippen molar-refractivity contribution in [2.75, 3.05) is 0 Å². The fourth-order valence-electron chi connectivity index (χ4n) is 1.82. The van der Waals surface area contributed by atoms with Crippen LogP contribution in [0.5, 0.6) is 0 Å². The maximum atomic E-state index is 11.0. The summed E-state index contributed by atoms with van der Waals surface area (Å²) in [6.07, 6.45) is 2.59. The highest BCUT2D eigenvalue weighted by Crippen LogP contribution is 2.16. The van der Waals surface area contributed by atoms with Gasteiger partial charge in [-0.15, -0.1) is 0 Å². The number of carboxylic acid groups (broad SMARTS) is 1. The van der Waals surface area contributed by atoms with Gasteiger partial charge in [-0.1, -0.05) is 42.5 Å². The molecule has 96 valence electrons. The molecule has 1 aliphatic carbocycles. The highest BCUT2D eigenvalue weighted by Gasteiger charge is 2.23. The van der Waals surface area contributed by atoms with Crippen molar-refractivity contribution in [3.63, 3.8) is 0 Å². The van der Waals surface area contributed by atoms with Crippen LogP contribution in [0.15, 0.2) is 42.5 Å². The zero-order chi connectivity index (χ0) is 13.0. The van der Waals surface area contributed by atoms with Crippen molar-refractivity contribution in [1.29, 1.82) is 0 Å². The largest absolute Gasteiger partial charge is 0.528 e. The fraction of sp³-hybridized carbons (Fsp3) is 0.308. The average Bonchev–Trinajstić information content (AvgIpc) is 2.75. The number of nitrogens with two attached hydrogens (primary N) is 1. The van der Waals surface area contributed by atoms with Gasteiger partial charge in [0, 0.05) is 0 Å². The molecule has 1 aromatic carbocycles. The van der Waals surface area contributed by atoms with Crippen molar-refractivity contribution in [2.24, 2.45) is 5.73 Å². The van der Waals surface area contributed by atoms with Crippen molar-refractivity contribution in [3.05, 3.63) is 48.0 Å². The zero-order valence-corrected chi connectivity index (χ0v) is 9.86. The summed E-state index contributed by atoms with van der Waals surface area (Å²) in [5, 5.41) is 11.9. The van der Waals surface area contributed by atoms with E-state index in [4.69, 9.17) is 10.6 Å². The van der Waals surface area contributed by atoms with Gasteiger partial charge in [0.25, 0.3) is 0 Å². The van der Waals surface area contributed by atoms with Crippen LogP contribution in [-0.4, -0.2) is 23.3 Å². The number of hydrogen-bond donors (Lipinski definition) is 1. The van der Waals surface area contributed by atoms with Gasteiger partial charge in [-0.05, 0) is 12.0 Å². The van der Waals surface area contributed by atoms with Gasteiger partial charge in [-0.2, -0.15) is 0 Å². The van der Waals surface area contributed by atoms with Crippen LogP contribution in [0.2, 0.25) is 0 Å². The van der Waals surface area contributed by atoms with Crippen LogP contribution >= 0.6 is 0 Å². The second kappa shape index (κ2) is 5.66. The Kier molecular flexibility index (Phi) is 3.96. The molecule has 0 fully saturated rings. The van der Waals surface area contributed by atoms with Gasteiger partial charge in [0.2, 0.25) is 0 Å². The molecule has 2 atom stereocenters. The number of carbonyl (C=O) groups excluding carboxylic acids is 1. The van der Waals surface area contributed by atoms with Gasteiger partial charge in [-0.3, -0.25) is 4.84 Å². The first-order chi connectivity index (χ1) is 8.66. The third-order valence-electron chi connectivity index (χ3n) is 2.79. The monoisotopic (exact) mass is 247 g/mol. The smallest absolute Gasteiger partial charge is 0.162 e. The maximum Gasteiger partial charge on any atom is 0.162 e. The number of rotatable bonds is 4. The molecule has 1 aromatic rings. The number of nitrogens with zero attached hydrogens (tertiary/aromatic N) is 1. The normalized spacial score (nSPS) is 22.1. The molecule has 2 unspecified atom stereocenters. The molecule has 0 heterocycles. The second-order valence-electron chi connectivity index (χ2n) is 4.17. The summed E-state index contributed by atoms with van der Waals surface area (Å²) >= 11 is 0. The maximum absolute atomic E-state index is 11.0. The lowest BCUT2D eigenvalue weighted by Crippen LogP contribution is -2.45. The summed E-state index contributed by atoms with van der Waals surface area (Å²) in [5.41, 5.74) is 6.60. The number of hydrogen-bond acceptors (Lipinski definition) is 4. The van der Waals surface area contributed by atoms with E-state index in [1.54, 1.807) is 6.08 Å². The molecule has 0 aromatic heterocycles. The van der Waals surface area contributed by atoms with Crippen LogP contribution in [-0.2, 0) is 11.4 Å². The van der Waals surface area contributed by atoms with E-state index < -0.39 is 6.09 Å². The van der Waals surface area contributed by atoms with Crippen LogP contribution in [0.3, 0.4) is 0 Å². The van der Waals surface area contributed by atoms with Gasteiger partial charge >= 0.3 is 0 Å². The quantitative estimate of drug-likeness (QED) is 0.617. The predicted octanol–water partition coefficient (Wildman–Crippen LogP) is 0.419. The SMILES string of the molecule is NC1C=CCC1ON(Cc1ccccc1)C(=O)[O-]. The third kappa shape index (κ3) is 3.09. The molecule has 18 heavy (non-hydrogen) atoms. The van der Waals surface area contributed by atoms with E-state index in [1.165, 1.54) is 0 Å². The van der Waals surface area contributed by atoms with E-state index in [1.807, 2.05) is 36.4 Å². The molecule has 1 amide bonds. The molecule has 0 saturated heterocycles. The Morgan fingerprint density at radius 3 is 2.72 bits per heavy atom. The molecular formula is C13H15N2O3-. The molecule has 2 rings (SSSR count). The van der Waals surface area contributed by atoms with E-state index in [0.717, 1.165) is 10.6 Å². The van der Waals surface area contributed by atoms with Gasteiger partial charge in [-0.25, -0.2) is 5.06 Å². The van der Waals surface area contributed by atoms with Crippen LogP contribution < -0.4 is 10.8 Å². The lowest BCUT2D eigenvalue weighted by atomic mass is 10.2. The molecular weight excluding hydrogens is 232 g/mol. The molecule has 0 radical (unpaired) electrons. The third-order valence-corrected chi connectivity index (χ3v) is 2.79. The van der Waals surface area contributed by atoms with Crippen LogP contribution in [0.1, 0.15) is 12.0 Å². The fourth-order valence-corrected chi connectivity index (χ4v) is 1.82. The highest BCUT2D eigenvalue weighted by atomic mass is 16.7. The molecule has 0 saturated carbocycles. The summed E-state index contributed by atoms with van der Waals surface area (Å²) in [4.78, 5) is 16.4. The molecule has 0 aliphatic heterocycles. The lowest BCUT2D eigenvalue weighted by Gasteiger charge is -2.29. The Labute approximate surface area is 105 Å². The zero-order valence-electron chi connectivity index (χ0n) is 9.86. The molecule has 0 spiro atoms. The topological polar surface area (TPSA) is 78.6 Å². The predicted molar refractivity (Wildman–Crippen MR) is 64.0 cm³/mol. The molecule has 5 nitrogen and oxygen atoms in total. The summed E-state index contributed by atoms with van der Waals surface area (Å²) in [5.74, 6) is 0. The Hall–Kier alpha value is -1.85. The summed E-state index contributed by atoms with van der Waals surface area (Å²) < 4.78 is 0.